The first-order valence-corrected chi connectivity index (χ1v) is 10.6. The van der Waals surface area contributed by atoms with Crippen molar-refractivity contribution in [3.05, 3.63) is 38.0 Å². The minimum absolute atomic E-state index is 0.445. The number of esters is 3. The quantitative estimate of drug-likeness (QED) is 0.0608. The second-order valence-corrected chi connectivity index (χ2v) is 7.23. The summed E-state index contributed by atoms with van der Waals surface area (Å²) < 4.78 is 184. The highest BCUT2D eigenvalue weighted by atomic mass is 19.4. The van der Waals surface area contributed by atoms with Gasteiger partial charge in [0.05, 0.1) is 13.2 Å². The second kappa shape index (κ2) is 17.0. The highest BCUT2D eigenvalue weighted by Gasteiger charge is 2.61. The van der Waals surface area contributed by atoms with Crippen LogP contribution in [-0.2, 0) is 43.0 Å². The number of hydrogen-bond acceptors (Lipinski definition) is 9. The molecule has 0 spiro atoms. The molecule has 0 aliphatic heterocycles. The van der Waals surface area contributed by atoms with Gasteiger partial charge >= 0.3 is 54.0 Å². The molecule has 0 aromatic carbocycles. The van der Waals surface area contributed by atoms with Gasteiger partial charge in [-0.05, 0) is 10.9 Å². The van der Waals surface area contributed by atoms with Crippen molar-refractivity contribution in [1.29, 1.82) is 0 Å². The zero-order chi connectivity index (χ0) is 34.3. The fourth-order valence-electron chi connectivity index (χ4n) is 1.64. The highest BCUT2D eigenvalue weighted by Crippen LogP contribution is 2.38. The smallest absolute Gasteiger partial charge is 0.452 e. The van der Waals surface area contributed by atoms with Gasteiger partial charge in [-0.15, -0.1) is 4.94 Å². The molecule has 0 rings (SSSR count). The summed E-state index contributed by atoms with van der Waals surface area (Å²) in [7, 11) is 0. The Morgan fingerprint density at radius 2 is 0.767 bits per heavy atom. The summed E-state index contributed by atoms with van der Waals surface area (Å²) in [6, 6.07) is 0. The lowest BCUT2D eigenvalue weighted by atomic mass is 10.3. The summed E-state index contributed by atoms with van der Waals surface area (Å²) in [5, 5.41) is 0. The van der Waals surface area contributed by atoms with Crippen molar-refractivity contribution in [2.45, 2.75) is 42.5 Å². The van der Waals surface area contributed by atoms with Crippen molar-refractivity contribution >= 4 is 17.9 Å². The van der Waals surface area contributed by atoms with Crippen LogP contribution in [0.2, 0.25) is 0 Å². The van der Waals surface area contributed by atoms with Crippen molar-refractivity contribution in [3.63, 3.8) is 0 Å². The molecule has 0 aromatic heterocycles. The fraction of sp³-hybridized carbons (Fsp3) is 0.571. The Morgan fingerprint density at radius 1 is 0.512 bits per heavy atom. The molecule has 0 unspecified atom stereocenters. The van der Waals surface area contributed by atoms with Gasteiger partial charge in [0.25, 0.3) is 0 Å². The maximum absolute atomic E-state index is 13.3. The molecule has 0 aromatic rings. The lowest BCUT2D eigenvalue weighted by Gasteiger charge is -2.27. The van der Waals surface area contributed by atoms with Crippen LogP contribution in [-0.4, -0.2) is 87.0 Å². The fourth-order valence-corrected chi connectivity index (χ4v) is 1.64. The molecule has 0 amide bonds. The molecule has 0 aliphatic carbocycles. The summed E-state index contributed by atoms with van der Waals surface area (Å²) in [5.74, 6) is -19.0. The van der Waals surface area contributed by atoms with Crippen LogP contribution < -0.4 is 0 Å². The first-order valence-electron chi connectivity index (χ1n) is 10.6. The van der Waals surface area contributed by atoms with Crippen molar-refractivity contribution in [2.75, 3.05) is 33.0 Å². The molecular weight excluding hydrogens is 643 g/mol. The summed E-state index contributed by atoms with van der Waals surface area (Å²) in [5.41, 5.74) is 0. The lowest BCUT2D eigenvalue weighted by molar-refractivity contribution is -0.427. The standard InChI is InChI=1S/C15H16F8O6.C6H5F5O3/c1-3-10(24)26-8-12(16,17)14(20,21)28-6-5-7-29-15(22,23)13(18,19)9-27-11(25)4-2;1-2-4(12)13-3-5(7,8)6(9,10)14-11/h3-4H,1-2,5-9H2;2H,1,3H2. The zero-order valence-electron chi connectivity index (χ0n) is 21.2. The van der Waals surface area contributed by atoms with E-state index in [1.807, 2.05) is 0 Å². The van der Waals surface area contributed by atoms with Crippen LogP contribution >= 0.6 is 0 Å². The van der Waals surface area contributed by atoms with Gasteiger partial charge in [-0.1, -0.05) is 19.7 Å². The van der Waals surface area contributed by atoms with Crippen LogP contribution in [0, 0.1) is 0 Å². The van der Waals surface area contributed by atoms with Gasteiger partial charge in [-0.25, -0.2) is 14.4 Å². The molecule has 0 saturated carbocycles. The normalized spacial score (nSPS) is 12.8. The largest absolute Gasteiger partial charge is 0.456 e. The van der Waals surface area contributed by atoms with Crippen LogP contribution in [0.1, 0.15) is 6.42 Å². The van der Waals surface area contributed by atoms with Gasteiger partial charge in [0.2, 0.25) is 0 Å². The highest BCUT2D eigenvalue weighted by molar-refractivity contribution is 5.81. The van der Waals surface area contributed by atoms with E-state index in [1.54, 1.807) is 4.94 Å². The van der Waals surface area contributed by atoms with E-state index in [0.29, 0.717) is 18.2 Å². The minimum Gasteiger partial charge on any atom is -0.456 e. The average molecular weight is 664 g/mol. The van der Waals surface area contributed by atoms with Crippen LogP contribution in [0.4, 0.5) is 57.2 Å². The molecule has 0 heterocycles. The molecule has 9 nitrogen and oxygen atoms in total. The number of ether oxygens (including phenoxy) is 5. The predicted molar refractivity (Wildman–Crippen MR) is 112 cm³/mol. The predicted octanol–water partition coefficient (Wildman–Crippen LogP) is 5.17. The first-order chi connectivity index (χ1) is 19.4. The van der Waals surface area contributed by atoms with E-state index in [0.717, 1.165) is 0 Å². The average Bonchev–Trinajstić information content (AvgIpc) is 2.92. The van der Waals surface area contributed by atoms with E-state index in [4.69, 9.17) is 0 Å². The number of carbonyl (C=O) groups is 3. The van der Waals surface area contributed by atoms with E-state index in [1.165, 1.54) is 0 Å². The van der Waals surface area contributed by atoms with Crippen molar-refractivity contribution in [1.82, 2.24) is 0 Å². The third-order valence-electron chi connectivity index (χ3n) is 3.92. The number of hydrogen-bond donors (Lipinski definition) is 0. The summed E-state index contributed by atoms with van der Waals surface area (Å²) in [6.45, 7) is -0.177. The van der Waals surface area contributed by atoms with E-state index in [-0.39, 0.29) is 0 Å². The van der Waals surface area contributed by atoms with E-state index < -0.39 is 93.5 Å². The van der Waals surface area contributed by atoms with Crippen molar-refractivity contribution < 1.29 is 100 Å². The molecule has 43 heavy (non-hydrogen) atoms. The topological polar surface area (TPSA) is 107 Å². The van der Waals surface area contributed by atoms with Crippen LogP contribution in [0.15, 0.2) is 38.0 Å². The van der Waals surface area contributed by atoms with Crippen molar-refractivity contribution in [2.24, 2.45) is 0 Å². The SMILES string of the molecule is C=CC(=O)OCC(F)(F)C(F)(F)OCCCOC(F)(F)C(F)(F)COC(=O)C=C.C=CC(=O)OCC(F)(F)C(F)(F)OF. The Bertz CT molecular complexity index is 907. The molecule has 22 heteroatoms. The van der Waals surface area contributed by atoms with E-state index in [9.17, 15) is 71.6 Å². The Hall–Kier alpha value is -3.40. The Kier molecular flexibility index (Phi) is 16.5. The van der Waals surface area contributed by atoms with Crippen LogP contribution in [0.5, 0.6) is 0 Å². The third-order valence-corrected chi connectivity index (χ3v) is 3.92. The molecule has 0 N–H and O–H groups in total. The van der Waals surface area contributed by atoms with Gasteiger partial charge in [0.1, 0.15) is 0 Å². The first kappa shape index (κ1) is 41.7. The Balaban J connectivity index is 0. The molecule has 0 bridgehead atoms. The summed E-state index contributed by atoms with van der Waals surface area (Å²) in [4.78, 5) is 33.2. The van der Waals surface area contributed by atoms with Gasteiger partial charge in [-0.2, -0.15) is 52.7 Å². The third kappa shape index (κ3) is 14.1. The molecule has 250 valence electrons. The number of halogens is 13. The molecule has 0 saturated heterocycles. The van der Waals surface area contributed by atoms with Gasteiger partial charge in [0.15, 0.2) is 19.8 Å². The Labute approximate surface area is 232 Å². The Morgan fingerprint density at radius 3 is 1.00 bits per heavy atom. The van der Waals surface area contributed by atoms with Crippen LogP contribution in [0.3, 0.4) is 0 Å². The zero-order valence-corrected chi connectivity index (χ0v) is 21.2. The molecule has 0 fully saturated rings. The maximum Gasteiger partial charge on any atom is 0.452 e. The van der Waals surface area contributed by atoms with Gasteiger partial charge < -0.3 is 23.7 Å². The number of rotatable bonds is 19. The lowest BCUT2D eigenvalue weighted by Crippen LogP contribution is -2.47. The maximum atomic E-state index is 13.3. The van der Waals surface area contributed by atoms with E-state index in [2.05, 4.69) is 43.4 Å². The van der Waals surface area contributed by atoms with Crippen LogP contribution in [0.25, 0.3) is 0 Å². The van der Waals surface area contributed by atoms with E-state index >= 15 is 0 Å². The van der Waals surface area contributed by atoms with Gasteiger partial charge in [0, 0.05) is 18.2 Å². The second-order valence-electron chi connectivity index (χ2n) is 7.23. The number of carbonyl (C=O) groups excluding carboxylic acids is 3. The molecular formula is C21H21F13O9. The molecule has 0 aliphatic rings. The molecule has 0 radical (unpaired) electrons. The van der Waals surface area contributed by atoms with Crippen molar-refractivity contribution in [3.8, 4) is 0 Å². The summed E-state index contributed by atoms with van der Waals surface area (Å²) >= 11 is 0. The van der Waals surface area contributed by atoms with Gasteiger partial charge in [-0.3, -0.25) is 0 Å². The number of alkyl halides is 12. The monoisotopic (exact) mass is 664 g/mol. The summed E-state index contributed by atoms with van der Waals surface area (Å²) in [6.07, 6.45) is -15.2. The molecule has 0 atom stereocenters. The minimum atomic E-state index is -5.34.